The van der Waals surface area contributed by atoms with Crippen LogP contribution in [0.25, 0.3) is 0 Å². The number of nitrogens with zero attached hydrogens (tertiary/aromatic N) is 1. The molecule has 0 radical (unpaired) electrons. The third kappa shape index (κ3) is 5.46. The quantitative estimate of drug-likeness (QED) is 0.558. The zero-order chi connectivity index (χ0) is 22.3. The molecule has 0 unspecified atom stereocenters. The van der Waals surface area contributed by atoms with Gasteiger partial charge in [-0.15, -0.1) is 0 Å². The highest BCUT2D eigenvalue weighted by molar-refractivity contribution is 5.96. The summed E-state index contributed by atoms with van der Waals surface area (Å²) in [6, 6.07) is 24.5. The van der Waals surface area contributed by atoms with E-state index in [4.69, 9.17) is 9.47 Å². The highest BCUT2D eigenvalue weighted by Gasteiger charge is 2.22. The van der Waals surface area contributed by atoms with Gasteiger partial charge in [-0.25, -0.2) is 0 Å². The number of ether oxygens (including phenoxy) is 2. The van der Waals surface area contributed by atoms with Crippen LogP contribution in [0.3, 0.4) is 0 Å². The third-order valence-electron chi connectivity index (χ3n) is 5.25. The van der Waals surface area contributed by atoms with Crippen LogP contribution in [0.2, 0.25) is 0 Å². The molecule has 1 saturated heterocycles. The van der Waals surface area contributed by atoms with Crippen LogP contribution >= 0.6 is 0 Å². The molecule has 164 valence electrons. The summed E-state index contributed by atoms with van der Waals surface area (Å²) in [5.74, 6) is 1.13. The second-order valence-electron chi connectivity index (χ2n) is 7.69. The molecule has 1 atom stereocenters. The van der Waals surface area contributed by atoms with Gasteiger partial charge in [-0.05, 0) is 55.3 Å². The van der Waals surface area contributed by atoms with Crippen LogP contribution in [-0.4, -0.2) is 24.5 Å². The molecule has 0 aliphatic carbocycles. The monoisotopic (exact) mass is 430 g/mol. The molecular formula is C26H26N2O4. The molecule has 32 heavy (non-hydrogen) atoms. The minimum absolute atomic E-state index is 0.115. The van der Waals surface area contributed by atoms with E-state index in [1.54, 1.807) is 36.1 Å². The van der Waals surface area contributed by atoms with Gasteiger partial charge < -0.3 is 19.7 Å². The summed E-state index contributed by atoms with van der Waals surface area (Å²) in [5, 5.41) is 2.86. The molecule has 6 heteroatoms. The van der Waals surface area contributed by atoms with E-state index in [2.05, 4.69) is 5.32 Å². The third-order valence-corrected chi connectivity index (χ3v) is 5.25. The van der Waals surface area contributed by atoms with Gasteiger partial charge in [-0.2, -0.15) is 0 Å². The Kier molecular flexibility index (Phi) is 6.70. The highest BCUT2D eigenvalue weighted by Crippen LogP contribution is 2.26. The van der Waals surface area contributed by atoms with Gasteiger partial charge in [0.25, 0.3) is 5.91 Å². The van der Waals surface area contributed by atoms with Crippen molar-refractivity contribution in [2.45, 2.75) is 32.5 Å². The maximum absolute atomic E-state index is 12.6. The molecular weight excluding hydrogens is 404 g/mol. The summed E-state index contributed by atoms with van der Waals surface area (Å²) in [6.45, 7) is 2.89. The fourth-order valence-electron chi connectivity index (χ4n) is 3.52. The van der Waals surface area contributed by atoms with Gasteiger partial charge in [0.15, 0.2) is 6.10 Å². The number of hydrogen-bond acceptors (Lipinski definition) is 4. The van der Waals surface area contributed by atoms with E-state index in [1.165, 1.54) is 0 Å². The van der Waals surface area contributed by atoms with Gasteiger partial charge in [0.05, 0.1) is 0 Å². The Labute approximate surface area is 187 Å². The largest absolute Gasteiger partial charge is 0.489 e. The van der Waals surface area contributed by atoms with E-state index >= 15 is 0 Å². The molecule has 6 nitrogen and oxygen atoms in total. The van der Waals surface area contributed by atoms with Crippen LogP contribution in [0.15, 0.2) is 78.9 Å². The highest BCUT2D eigenvalue weighted by atomic mass is 16.5. The molecule has 0 spiro atoms. The van der Waals surface area contributed by atoms with Crippen LogP contribution in [-0.2, 0) is 16.2 Å². The predicted octanol–water partition coefficient (Wildman–Crippen LogP) is 4.80. The van der Waals surface area contributed by atoms with E-state index in [9.17, 15) is 9.59 Å². The number of hydrogen-bond donors (Lipinski definition) is 1. The summed E-state index contributed by atoms with van der Waals surface area (Å²) in [6.07, 6.45) is 0.729. The second kappa shape index (κ2) is 10.0. The standard InChI is InChI=1S/C26H26N2O4/c1-19(32-24-10-5-9-22(17-24)28-16-6-11-25(28)29)26(30)27-21-12-14-23(15-13-21)31-18-20-7-3-2-4-8-20/h2-5,7-10,12-15,17,19H,6,11,16,18H2,1H3,(H,27,30)/t19-/m0/s1. The van der Waals surface area contributed by atoms with E-state index in [-0.39, 0.29) is 11.8 Å². The number of amides is 2. The number of nitrogens with one attached hydrogen (secondary N) is 1. The average Bonchev–Trinajstić information content (AvgIpc) is 3.25. The molecule has 1 aliphatic rings. The van der Waals surface area contributed by atoms with E-state index in [1.807, 2.05) is 54.6 Å². The Morgan fingerprint density at radius 2 is 1.78 bits per heavy atom. The zero-order valence-electron chi connectivity index (χ0n) is 18.0. The predicted molar refractivity (Wildman–Crippen MR) is 124 cm³/mol. The summed E-state index contributed by atoms with van der Waals surface area (Å²) in [5.41, 5.74) is 2.55. The van der Waals surface area contributed by atoms with Crippen molar-refractivity contribution in [3.05, 3.63) is 84.4 Å². The Morgan fingerprint density at radius 1 is 1.00 bits per heavy atom. The molecule has 1 heterocycles. The average molecular weight is 431 g/mol. The first-order valence-electron chi connectivity index (χ1n) is 10.7. The fourth-order valence-corrected chi connectivity index (χ4v) is 3.52. The van der Waals surface area contributed by atoms with Crippen molar-refractivity contribution in [2.75, 3.05) is 16.8 Å². The topological polar surface area (TPSA) is 67.9 Å². The Morgan fingerprint density at radius 3 is 2.50 bits per heavy atom. The van der Waals surface area contributed by atoms with Gasteiger partial charge in [0.2, 0.25) is 5.91 Å². The lowest BCUT2D eigenvalue weighted by Crippen LogP contribution is -2.30. The molecule has 1 N–H and O–H groups in total. The Balaban J connectivity index is 1.30. The van der Waals surface area contributed by atoms with Gasteiger partial charge >= 0.3 is 0 Å². The number of benzene rings is 3. The van der Waals surface area contributed by atoms with Crippen LogP contribution in [0, 0.1) is 0 Å². The minimum Gasteiger partial charge on any atom is -0.489 e. The maximum Gasteiger partial charge on any atom is 0.265 e. The minimum atomic E-state index is -0.700. The van der Waals surface area contributed by atoms with E-state index in [0.29, 0.717) is 31.0 Å². The smallest absolute Gasteiger partial charge is 0.265 e. The van der Waals surface area contributed by atoms with E-state index < -0.39 is 6.10 Å². The maximum atomic E-state index is 12.6. The molecule has 3 aromatic carbocycles. The van der Waals surface area contributed by atoms with Crippen LogP contribution in [0.5, 0.6) is 11.5 Å². The van der Waals surface area contributed by atoms with Crippen molar-refractivity contribution in [3.8, 4) is 11.5 Å². The van der Waals surface area contributed by atoms with E-state index in [0.717, 1.165) is 23.4 Å². The zero-order valence-corrected chi connectivity index (χ0v) is 18.0. The summed E-state index contributed by atoms with van der Waals surface area (Å²) in [4.78, 5) is 26.3. The van der Waals surface area contributed by atoms with Crippen molar-refractivity contribution in [2.24, 2.45) is 0 Å². The van der Waals surface area contributed by atoms with Crippen molar-refractivity contribution in [3.63, 3.8) is 0 Å². The Hall–Kier alpha value is -3.80. The van der Waals surface area contributed by atoms with Crippen molar-refractivity contribution >= 4 is 23.2 Å². The summed E-state index contributed by atoms with van der Waals surface area (Å²) in [7, 11) is 0. The first-order valence-corrected chi connectivity index (χ1v) is 10.7. The lowest BCUT2D eigenvalue weighted by molar-refractivity contribution is -0.122. The number of carbonyl (C=O) groups excluding carboxylic acids is 2. The molecule has 0 bridgehead atoms. The van der Waals surface area contributed by atoms with Gasteiger partial charge in [0.1, 0.15) is 18.1 Å². The number of rotatable bonds is 8. The van der Waals surface area contributed by atoms with Gasteiger partial charge in [-0.3, -0.25) is 9.59 Å². The molecule has 3 aromatic rings. The number of carbonyl (C=O) groups is 2. The molecule has 0 aromatic heterocycles. The molecule has 0 saturated carbocycles. The van der Waals surface area contributed by atoms with Gasteiger partial charge in [-0.1, -0.05) is 36.4 Å². The van der Waals surface area contributed by atoms with Crippen molar-refractivity contribution in [1.29, 1.82) is 0 Å². The lowest BCUT2D eigenvalue weighted by atomic mass is 10.2. The first kappa shape index (κ1) is 21.4. The summed E-state index contributed by atoms with van der Waals surface area (Å²) < 4.78 is 11.6. The normalized spacial score (nSPS) is 14.2. The molecule has 1 fully saturated rings. The van der Waals surface area contributed by atoms with Crippen LogP contribution < -0.4 is 19.7 Å². The van der Waals surface area contributed by atoms with Gasteiger partial charge in [0, 0.05) is 30.4 Å². The van der Waals surface area contributed by atoms with Crippen molar-refractivity contribution < 1.29 is 19.1 Å². The first-order chi connectivity index (χ1) is 15.6. The lowest BCUT2D eigenvalue weighted by Gasteiger charge is -2.19. The Bertz CT molecular complexity index is 1070. The fraction of sp³-hybridized carbons (Fsp3) is 0.231. The second-order valence-corrected chi connectivity index (χ2v) is 7.69. The molecule has 1 aliphatic heterocycles. The molecule has 2 amide bonds. The molecule has 4 rings (SSSR count). The SMILES string of the molecule is C[C@H](Oc1cccc(N2CCCC2=O)c1)C(=O)Nc1ccc(OCc2ccccc2)cc1. The summed E-state index contributed by atoms with van der Waals surface area (Å²) >= 11 is 0. The van der Waals surface area contributed by atoms with Crippen LogP contribution in [0.4, 0.5) is 11.4 Å². The van der Waals surface area contributed by atoms with Crippen LogP contribution in [0.1, 0.15) is 25.3 Å². The number of anilines is 2. The van der Waals surface area contributed by atoms with Crippen molar-refractivity contribution in [1.82, 2.24) is 0 Å².